The molecule has 0 amide bonds. The minimum absolute atomic E-state index is 0.0430. The van der Waals surface area contributed by atoms with Crippen molar-refractivity contribution >= 4 is 22.1 Å². The van der Waals surface area contributed by atoms with Crippen molar-refractivity contribution in [3.8, 4) is 0 Å². The zero-order valence-electron chi connectivity index (χ0n) is 13.1. The van der Waals surface area contributed by atoms with Gasteiger partial charge in [-0.1, -0.05) is 38.1 Å². The van der Waals surface area contributed by atoms with Gasteiger partial charge in [-0.25, -0.2) is 4.98 Å². The summed E-state index contributed by atoms with van der Waals surface area (Å²) in [5.74, 6) is 1.73. The van der Waals surface area contributed by atoms with Crippen LogP contribution in [-0.2, 0) is 35.3 Å². The highest BCUT2D eigenvalue weighted by molar-refractivity contribution is 7.83. The number of hydrogen-bond donors (Lipinski definition) is 1. The van der Waals surface area contributed by atoms with Crippen LogP contribution >= 0.6 is 11.3 Å². The Bertz CT molecular complexity index is 605. The maximum Gasteiger partial charge on any atom is 0.0928 e. The van der Waals surface area contributed by atoms with Gasteiger partial charge in [-0.2, -0.15) is 0 Å². The van der Waals surface area contributed by atoms with Crippen LogP contribution < -0.4 is 0 Å². The summed E-state index contributed by atoms with van der Waals surface area (Å²) in [6.45, 7) is 4.47. The van der Waals surface area contributed by atoms with E-state index in [0.717, 1.165) is 34.7 Å². The van der Waals surface area contributed by atoms with Crippen LogP contribution in [-0.4, -0.2) is 14.3 Å². The van der Waals surface area contributed by atoms with Crippen LogP contribution in [0, 0.1) is 5.92 Å². The van der Waals surface area contributed by atoms with E-state index in [-0.39, 0.29) is 6.61 Å². The fourth-order valence-corrected chi connectivity index (χ4v) is 4.15. The average molecular weight is 338 g/mol. The van der Waals surface area contributed by atoms with E-state index in [0.29, 0.717) is 17.4 Å². The number of aromatic nitrogens is 1. The van der Waals surface area contributed by atoms with Crippen LogP contribution in [0.15, 0.2) is 29.6 Å². The van der Waals surface area contributed by atoms with Gasteiger partial charge >= 0.3 is 0 Å². The average Bonchev–Trinajstić information content (AvgIpc) is 2.93. The Labute approximate surface area is 138 Å². The molecule has 0 aliphatic heterocycles. The van der Waals surface area contributed by atoms with Gasteiger partial charge in [0, 0.05) is 21.9 Å². The molecule has 120 valence electrons. The van der Waals surface area contributed by atoms with Gasteiger partial charge in [0.15, 0.2) is 0 Å². The molecule has 0 radical (unpaired) electrons. The zero-order chi connectivity index (χ0) is 15.9. The highest BCUT2D eigenvalue weighted by atomic mass is 32.2. The summed E-state index contributed by atoms with van der Waals surface area (Å²) >= 11 is 1.67. The largest absolute Gasteiger partial charge is 0.392 e. The Hall–Kier alpha value is -1.04. The number of benzene rings is 1. The predicted octanol–water partition coefficient (Wildman–Crippen LogP) is 3.67. The van der Waals surface area contributed by atoms with Gasteiger partial charge in [0.25, 0.3) is 0 Å². The molecule has 22 heavy (non-hydrogen) atoms. The van der Waals surface area contributed by atoms with Crippen molar-refractivity contribution in [2.24, 2.45) is 5.92 Å². The molecule has 1 unspecified atom stereocenters. The first-order valence-electron chi connectivity index (χ1n) is 7.53. The van der Waals surface area contributed by atoms with Crippen molar-refractivity contribution in [1.29, 1.82) is 0 Å². The highest BCUT2D eigenvalue weighted by Gasteiger charge is 2.08. The Balaban J connectivity index is 1.86. The van der Waals surface area contributed by atoms with Crippen molar-refractivity contribution in [2.45, 2.75) is 44.8 Å². The maximum absolute atomic E-state index is 12.2. The molecule has 0 saturated carbocycles. The van der Waals surface area contributed by atoms with Crippen LogP contribution in [0.5, 0.6) is 0 Å². The normalized spacial score (nSPS) is 12.7. The summed E-state index contributed by atoms with van der Waals surface area (Å²) in [4.78, 5) is 4.58. The first-order chi connectivity index (χ1) is 10.6. The number of aliphatic hydroxyl groups is 1. The van der Waals surface area contributed by atoms with Gasteiger partial charge in [0.2, 0.25) is 0 Å². The lowest BCUT2D eigenvalue weighted by molar-refractivity contribution is 0.282. The second-order valence-electron chi connectivity index (χ2n) is 5.87. The van der Waals surface area contributed by atoms with E-state index in [1.807, 2.05) is 29.6 Å². The lowest BCUT2D eigenvalue weighted by Crippen LogP contribution is -2.00. The first kappa shape index (κ1) is 17.3. The maximum atomic E-state index is 12.2. The lowest BCUT2D eigenvalue weighted by atomic mass is 10.1. The number of thiazole rings is 1. The Morgan fingerprint density at radius 1 is 1.18 bits per heavy atom. The first-order valence-corrected chi connectivity index (χ1v) is 9.90. The van der Waals surface area contributed by atoms with Gasteiger partial charge in [0.05, 0.1) is 23.1 Å². The van der Waals surface area contributed by atoms with Crippen molar-refractivity contribution in [2.75, 3.05) is 0 Å². The van der Waals surface area contributed by atoms with Gasteiger partial charge in [-0.15, -0.1) is 11.3 Å². The molecule has 0 aliphatic carbocycles. The summed E-state index contributed by atoms with van der Waals surface area (Å²) in [5, 5.41) is 12.2. The molecule has 5 heteroatoms. The zero-order valence-corrected chi connectivity index (χ0v) is 14.8. The molecule has 0 saturated heterocycles. The number of nitrogens with zero attached hydrogens (tertiary/aromatic N) is 1. The van der Waals surface area contributed by atoms with Crippen LogP contribution in [0.1, 0.15) is 42.1 Å². The van der Waals surface area contributed by atoms with E-state index in [1.165, 1.54) is 0 Å². The van der Waals surface area contributed by atoms with Crippen molar-refractivity contribution in [3.05, 3.63) is 51.5 Å². The van der Waals surface area contributed by atoms with E-state index in [2.05, 4.69) is 18.8 Å². The van der Waals surface area contributed by atoms with E-state index in [1.54, 1.807) is 11.3 Å². The Morgan fingerprint density at radius 3 is 2.50 bits per heavy atom. The lowest BCUT2D eigenvalue weighted by Gasteiger charge is -2.03. The van der Waals surface area contributed by atoms with Crippen LogP contribution in [0.4, 0.5) is 0 Å². The summed E-state index contributed by atoms with van der Waals surface area (Å²) in [6, 6.07) is 7.61. The topological polar surface area (TPSA) is 50.2 Å². The summed E-state index contributed by atoms with van der Waals surface area (Å²) in [7, 11) is -0.948. The van der Waals surface area contributed by atoms with Gasteiger partial charge < -0.3 is 5.11 Å². The number of aliphatic hydroxyl groups excluding tert-OH is 1. The standard InChI is InChI=1S/C17H23NO2S2/c1-13(2)3-8-17-18-16(10-21-17)12-22(20)11-15-6-4-14(9-19)5-7-15/h4-7,10,13,19H,3,8-9,11-12H2,1-2H3. The second-order valence-corrected chi connectivity index (χ2v) is 8.27. The summed E-state index contributed by atoms with van der Waals surface area (Å²) in [6.07, 6.45) is 2.16. The van der Waals surface area contributed by atoms with E-state index in [4.69, 9.17) is 5.11 Å². The second kappa shape index (κ2) is 8.56. The van der Waals surface area contributed by atoms with Crippen molar-refractivity contribution in [1.82, 2.24) is 4.98 Å². The Morgan fingerprint density at radius 2 is 1.86 bits per heavy atom. The molecule has 0 fully saturated rings. The molecule has 1 N–H and O–H groups in total. The van der Waals surface area contributed by atoms with Gasteiger partial charge in [-0.3, -0.25) is 4.21 Å². The number of rotatable bonds is 8. The van der Waals surface area contributed by atoms with Gasteiger partial charge in [0.1, 0.15) is 0 Å². The van der Waals surface area contributed by atoms with E-state index < -0.39 is 10.8 Å². The molecule has 1 aromatic carbocycles. The molecule has 0 aliphatic rings. The van der Waals surface area contributed by atoms with E-state index in [9.17, 15) is 4.21 Å². The van der Waals surface area contributed by atoms with Crippen LogP contribution in [0.2, 0.25) is 0 Å². The van der Waals surface area contributed by atoms with Crippen molar-refractivity contribution in [3.63, 3.8) is 0 Å². The quantitative estimate of drug-likeness (QED) is 0.799. The molecule has 2 aromatic rings. The third-order valence-corrected chi connectivity index (χ3v) is 5.61. The predicted molar refractivity (Wildman–Crippen MR) is 93.2 cm³/mol. The smallest absolute Gasteiger partial charge is 0.0928 e. The molecule has 3 nitrogen and oxygen atoms in total. The minimum Gasteiger partial charge on any atom is -0.392 e. The summed E-state index contributed by atoms with van der Waals surface area (Å²) < 4.78 is 12.2. The fraction of sp³-hybridized carbons (Fsp3) is 0.471. The monoisotopic (exact) mass is 337 g/mol. The Kier molecular flexibility index (Phi) is 6.73. The third kappa shape index (κ3) is 5.63. The molecule has 1 aromatic heterocycles. The fourth-order valence-electron chi connectivity index (χ4n) is 2.08. The van der Waals surface area contributed by atoms with Crippen molar-refractivity contribution < 1.29 is 9.32 Å². The highest BCUT2D eigenvalue weighted by Crippen LogP contribution is 2.17. The number of aryl methyl sites for hydroxylation is 1. The summed E-state index contributed by atoms with van der Waals surface area (Å²) in [5.41, 5.74) is 2.85. The molecule has 0 spiro atoms. The molecular formula is C17H23NO2S2. The molecule has 1 atom stereocenters. The number of hydrogen-bond acceptors (Lipinski definition) is 4. The van der Waals surface area contributed by atoms with E-state index >= 15 is 0 Å². The van der Waals surface area contributed by atoms with Crippen LogP contribution in [0.25, 0.3) is 0 Å². The molecule has 2 rings (SSSR count). The molecule has 1 heterocycles. The molecular weight excluding hydrogens is 314 g/mol. The molecule has 0 bridgehead atoms. The van der Waals surface area contributed by atoms with Crippen LogP contribution in [0.3, 0.4) is 0 Å². The van der Waals surface area contributed by atoms with Gasteiger partial charge in [-0.05, 0) is 29.9 Å². The SMILES string of the molecule is CC(C)CCc1nc(CS(=O)Cc2ccc(CO)cc2)cs1. The third-order valence-electron chi connectivity index (χ3n) is 3.38. The minimum atomic E-state index is -0.948.